The largest absolute Gasteiger partial charge is 0.487 e. The van der Waals surface area contributed by atoms with E-state index in [9.17, 15) is 28.3 Å². The Balaban J connectivity index is 1.26. The zero-order valence-corrected chi connectivity index (χ0v) is 25.5. The summed E-state index contributed by atoms with van der Waals surface area (Å²) in [6, 6.07) is 2.69. The third-order valence-corrected chi connectivity index (χ3v) is 11.3. The minimum Gasteiger partial charge on any atom is -0.487 e. The van der Waals surface area contributed by atoms with Crippen molar-refractivity contribution in [3.63, 3.8) is 0 Å². The number of benzene rings is 1. The number of hydrogen-bond donors (Lipinski definition) is 1. The van der Waals surface area contributed by atoms with Crippen molar-refractivity contribution in [2.45, 2.75) is 70.9 Å². The number of carboxylic acids is 1. The molecule has 1 saturated heterocycles. The number of nitrogens with zero attached hydrogens (tertiary/aromatic N) is 5. The zero-order chi connectivity index (χ0) is 31.1. The molecule has 236 valence electrons. The SMILES string of the molecule is Cn1nnc(COc2ccc(Cl)c3c2[C@@H](CN2CC4(CC4)CC2=O)N(C(=O)[C@@H]2C[C@H]4C[C@H]4C[C@]2(C)C(=O)O)CC3)c1C(F)F. The number of amides is 2. The van der Waals surface area contributed by atoms with E-state index < -0.39 is 29.8 Å². The highest BCUT2D eigenvalue weighted by molar-refractivity contribution is 6.31. The molecular formula is C31H36ClF2N5O5. The standard InChI is InChI=1S/C31H36ClF2N5O5/c1-30(29(42)43)11-17-9-16(17)10-19(30)28(41)39-8-5-18-20(32)3-4-23(44-14-21-26(27(33)34)37(2)36-35-21)25(18)22(39)13-38-15-31(6-7-31)12-24(38)40/h3-4,16-17,19,22,27H,5-15H2,1-2H3,(H,42,43)/t16-,17+,19+,22-,30+/m1/s1. The molecule has 0 radical (unpaired) electrons. The van der Waals surface area contributed by atoms with Gasteiger partial charge in [-0.3, -0.25) is 14.4 Å². The van der Waals surface area contributed by atoms with E-state index in [-0.39, 0.29) is 41.8 Å². The average Bonchev–Trinajstić information content (AvgIpc) is 3.85. The molecule has 0 bridgehead atoms. The Bertz CT molecular complexity index is 1550. The molecule has 5 atom stereocenters. The summed E-state index contributed by atoms with van der Waals surface area (Å²) in [5, 5.41) is 18.4. The number of likely N-dealkylation sites (tertiary alicyclic amines) is 1. The van der Waals surface area contributed by atoms with E-state index in [1.165, 1.54) is 7.05 Å². The Hall–Kier alpha value is -3.28. The van der Waals surface area contributed by atoms with Gasteiger partial charge in [0.05, 0.1) is 17.4 Å². The van der Waals surface area contributed by atoms with Gasteiger partial charge in [-0.1, -0.05) is 16.8 Å². The van der Waals surface area contributed by atoms with Gasteiger partial charge < -0.3 is 19.6 Å². The maximum Gasteiger partial charge on any atom is 0.310 e. The summed E-state index contributed by atoms with van der Waals surface area (Å²) in [5.41, 5.74) is -0.141. The van der Waals surface area contributed by atoms with Crippen LogP contribution >= 0.6 is 11.6 Å². The normalized spacial score (nSPS) is 30.0. The summed E-state index contributed by atoms with van der Waals surface area (Å²) < 4.78 is 34.7. The van der Waals surface area contributed by atoms with Crippen LogP contribution in [0.4, 0.5) is 8.78 Å². The molecular weight excluding hydrogens is 596 g/mol. The molecule has 44 heavy (non-hydrogen) atoms. The van der Waals surface area contributed by atoms with Gasteiger partial charge in [-0.25, -0.2) is 13.5 Å². The molecule has 1 N–H and O–H groups in total. The van der Waals surface area contributed by atoms with Gasteiger partial charge in [0.1, 0.15) is 23.7 Å². The number of aliphatic carboxylic acids is 1. The first-order valence-corrected chi connectivity index (χ1v) is 15.7. The van der Waals surface area contributed by atoms with Crippen LogP contribution in [0, 0.1) is 28.6 Å². The Morgan fingerprint density at radius 1 is 1.23 bits per heavy atom. The van der Waals surface area contributed by atoms with Crippen LogP contribution in [-0.4, -0.2) is 67.3 Å². The fourth-order valence-electron chi connectivity index (χ4n) is 8.06. The second kappa shape index (κ2) is 10.4. The van der Waals surface area contributed by atoms with Crippen LogP contribution in [0.5, 0.6) is 5.75 Å². The van der Waals surface area contributed by atoms with Gasteiger partial charge in [-0.05, 0) is 80.4 Å². The molecule has 3 saturated carbocycles. The third-order valence-electron chi connectivity index (χ3n) is 11.0. The van der Waals surface area contributed by atoms with Crippen molar-refractivity contribution in [3.8, 4) is 5.75 Å². The maximum absolute atomic E-state index is 14.5. The van der Waals surface area contributed by atoms with Crippen LogP contribution in [-0.2, 0) is 34.5 Å². The van der Waals surface area contributed by atoms with Crippen molar-refractivity contribution in [1.29, 1.82) is 0 Å². The highest BCUT2D eigenvalue weighted by Crippen LogP contribution is 2.59. The second-order valence-electron chi connectivity index (χ2n) is 13.8. The van der Waals surface area contributed by atoms with E-state index in [2.05, 4.69) is 10.3 Å². The highest BCUT2D eigenvalue weighted by atomic mass is 35.5. The van der Waals surface area contributed by atoms with Gasteiger partial charge in [0, 0.05) is 43.7 Å². The molecule has 3 aliphatic carbocycles. The number of aryl methyl sites for hydroxylation is 1. The Labute approximate surface area is 258 Å². The number of alkyl halides is 2. The number of halogens is 3. The molecule has 10 nitrogen and oxygen atoms in total. The number of fused-ring (bicyclic) bond motifs is 2. The lowest BCUT2D eigenvalue weighted by atomic mass is 9.66. The molecule has 13 heteroatoms. The summed E-state index contributed by atoms with van der Waals surface area (Å²) in [7, 11) is 1.39. The quantitative estimate of drug-likeness (QED) is 0.454. The summed E-state index contributed by atoms with van der Waals surface area (Å²) in [5.74, 6) is -0.818. The van der Waals surface area contributed by atoms with Crippen molar-refractivity contribution < 1.29 is 33.0 Å². The molecule has 3 heterocycles. The lowest BCUT2D eigenvalue weighted by Gasteiger charge is -2.45. The predicted molar refractivity (Wildman–Crippen MR) is 153 cm³/mol. The van der Waals surface area contributed by atoms with Gasteiger partial charge in [0.2, 0.25) is 11.8 Å². The first kappa shape index (κ1) is 29.4. The third kappa shape index (κ3) is 4.84. The van der Waals surface area contributed by atoms with Gasteiger partial charge in [-0.2, -0.15) is 0 Å². The molecule has 7 rings (SSSR count). The fourth-order valence-corrected chi connectivity index (χ4v) is 8.32. The summed E-state index contributed by atoms with van der Waals surface area (Å²) >= 11 is 6.71. The van der Waals surface area contributed by atoms with Crippen LogP contribution in [0.2, 0.25) is 5.02 Å². The van der Waals surface area contributed by atoms with Gasteiger partial charge >= 0.3 is 5.97 Å². The Morgan fingerprint density at radius 2 is 2.00 bits per heavy atom. The number of aromatic nitrogens is 3. The molecule has 5 aliphatic rings. The molecule has 1 aromatic carbocycles. The van der Waals surface area contributed by atoms with E-state index in [0.29, 0.717) is 66.9 Å². The van der Waals surface area contributed by atoms with Gasteiger partial charge in [-0.15, -0.1) is 5.10 Å². The number of carbonyl (C=O) groups excluding carboxylic acids is 2. The average molecular weight is 632 g/mol. The molecule has 4 fully saturated rings. The molecule has 2 amide bonds. The van der Waals surface area contributed by atoms with Crippen LogP contribution < -0.4 is 4.74 Å². The molecule has 1 aromatic heterocycles. The van der Waals surface area contributed by atoms with E-state index in [0.717, 1.165) is 29.5 Å². The first-order valence-electron chi connectivity index (χ1n) is 15.3. The topological polar surface area (TPSA) is 118 Å². The first-order chi connectivity index (χ1) is 20.9. The van der Waals surface area contributed by atoms with Crippen LogP contribution in [0.15, 0.2) is 12.1 Å². The summed E-state index contributed by atoms with van der Waals surface area (Å²) in [6.45, 7) is 2.54. The Morgan fingerprint density at radius 3 is 2.68 bits per heavy atom. The summed E-state index contributed by atoms with van der Waals surface area (Å²) in [6.07, 6.45) is 2.01. The van der Waals surface area contributed by atoms with Gasteiger partial charge in [0.15, 0.2) is 0 Å². The van der Waals surface area contributed by atoms with Crippen LogP contribution in [0.25, 0.3) is 0 Å². The number of ether oxygens (including phenoxy) is 1. The number of rotatable bonds is 8. The lowest BCUT2D eigenvalue weighted by molar-refractivity contribution is -0.163. The van der Waals surface area contributed by atoms with E-state index in [1.54, 1.807) is 24.0 Å². The van der Waals surface area contributed by atoms with Crippen molar-refractivity contribution in [3.05, 3.63) is 39.7 Å². The van der Waals surface area contributed by atoms with E-state index in [4.69, 9.17) is 16.3 Å². The minimum absolute atomic E-state index is 0.000961. The lowest BCUT2D eigenvalue weighted by Crippen LogP contribution is -2.53. The number of carboxylic acid groups (broad SMARTS) is 1. The zero-order valence-electron chi connectivity index (χ0n) is 24.8. The van der Waals surface area contributed by atoms with Crippen LogP contribution in [0.3, 0.4) is 0 Å². The number of hydrogen-bond acceptors (Lipinski definition) is 6. The molecule has 2 aromatic rings. The van der Waals surface area contributed by atoms with E-state index >= 15 is 0 Å². The monoisotopic (exact) mass is 631 g/mol. The predicted octanol–water partition coefficient (Wildman–Crippen LogP) is 4.56. The van der Waals surface area contributed by atoms with Crippen molar-refractivity contribution in [1.82, 2.24) is 24.8 Å². The van der Waals surface area contributed by atoms with Crippen molar-refractivity contribution in [2.75, 3.05) is 19.6 Å². The van der Waals surface area contributed by atoms with Gasteiger partial charge in [0.25, 0.3) is 6.43 Å². The van der Waals surface area contributed by atoms with Crippen LogP contribution in [0.1, 0.15) is 80.4 Å². The van der Waals surface area contributed by atoms with Crippen molar-refractivity contribution in [2.24, 2.45) is 35.6 Å². The number of carbonyl (C=O) groups is 3. The molecule has 0 unspecified atom stereocenters. The molecule has 2 aliphatic heterocycles. The highest BCUT2D eigenvalue weighted by Gasteiger charge is 2.59. The fraction of sp³-hybridized carbons (Fsp3) is 0.645. The minimum atomic E-state index is -2.80. The second-order valence-corrected chi connectivity index (χ2v) is 14.2. The maximum atomic E-state index is 14.5. The molecule has 1 spiro atoms. The summed E-state index contributed by atoms with van der Waals surface area (Å²) in [4.78, 5) is 43.9. The Kier molecular flexibility index (Phi) is 6.95. The van der Waals surface area contributed by atoms with E-state index in [1.807, 2.05) is 4.90 Å². The smallest absolute Gasteiger partial charge is 0.310 e. The van der Waals surface area contributed by atoms with Crippen molar-refractivity contribution >= 4 is 29.4 Å².